The highest BCUT2D eigenvalue weighted by atomic mass is 32.1. The topological polar surface area (TPSA) is 50.9 Å². The second-order valence-electron chi connectivity index (χ2n) is 2.44. The first-order valence-corrected chi connectivity index (χ1v) is 4.01. The fourth-order valence-corrected chi connectivity index (χ4v) is 1.18. The van der Waals surface area contributed by atoms with Crippen molar-refractivity contribution in [3.63, 3.8) is 0 Å². The number of aromatic nitrogens is 1. The number of hydrogen-bond donors (Lipinski definition) is 2. The Morgan fingerprint density at radius 3 is 2.67 bits per heavy atom. The van der Waals surface area contributed by atoms with Crippen LogP contribution < -0.4 is 11.1 Å². The lowest BCUT2D eigenvalue weighted by Gasteiger charge is -2.04. The van der Waals surface area contributed by atoms with Crippen molar-refractivity contribution in [2.24, 2.45) is 5.73 Å². The van der Waals surface area contributed by atoms with Gasteiger partial charge in [0, 0.05) is 18.3 Å². The van der Waals surface area contributed by atoms with E-state index in [4.69, 9.17) is 18.0 Å². The van der Waals surface area contributed by atoms with Crippen molar-refractivity contribution in [2.45, 2.75) is 6.92 Å². The number of pyridine rings is 1. The van der Waals surface area contributed by atoms with Crippen LogP contribution in [0.15, 0.2) is 12.1 Å². The molecule has 0 amide bonds. The van der Waals surface area contributed by atoms with E-state index in [2.05, 4.69) is 10.3 Å². The fourth-order valence-electron chi connectivity index (χ4n) is 0.961. The van der Waals surface area contributed by atoms with Crippen LogP contribution in [0.5, 0.6) is 0 Å². The first-order chi connectivity index (χ1) is 5.65. The Kier molecular flexibility index (Phi) is 2.60. The Morgan fingerprint density at radius 1 is 1.58 bits per heavy atom. The zero-order valence-electron chi connectivity index (χ0n) is 7.09. The van der Waals surface area contributed by atoms with Crippen LogP contribution in [0.4, 0.5) is 5.82 Å². The number of nitrogens with zero attached hydrogens (tertiary/aromatic N) is 1. The van der Waals surface area contributed by atoms with Crippen molar-refractivity contribution >= 4 is 23.0 Å². The van der Waals surface area contributed by atoms with E-state index in [-0.39, 0.29) is 0 Å². The Morgan fingerprint density at radius 2 is 2.25 bits per heavy atom. The fraction of sp³-hybridized carbons (Fsp3) is 0.250. The summed E-state index contributed by atoms with van der Waals surface area (Å²) in [5.74, 6) is 0.826. The van der Waals surface area contributed by atoms with Crippen molar-refractivity contribution < 1.29 is 0 Å². The monoisotopic (exact) mass is 181 g/mol. The number of anilines is 1. The summed E-state index contributed by atoms with van der Waals surface area (Å²) < 4.78 is 0. The van der Waals surface area contributed by atoms with Crippen LogP contribution in [0, 0.1) is 6.92 Å². The second kappa shape index (κ2) is 3.49. The largest absolute Gasteiger partial charge is 0.389 e. The molecule has 12 heavy (non-hydrogen) atoms. The van der Waals surface area contributed by atoms with Crippen molar-refractivity contribution in [3.8, 4) is 0 Å². The smallest absolute Gasteiger partial charge is 0.125 e. The summed E-state index contributed by atoms with van der Waals surface area (Å²) in [5.41, 5.74) is 7.17. The SMILES string of the molecule is CNc1ccc(C(N)=S)c(C)n1. The van der Waals surface area contributed by atoms with Crippen LogP contribution in [-0.2, 0) is 0 Å². The number of nitrogens with two attached hydrogens (primary N) is 1. The highest BCUT2D eigenvalue weighted by molar-refractivity contribution is 7.80. The van der Waals surface area contributed by atoms with E-state index in [1.54, 1.807) is 0 Å². The Bertz CT molecular complexity index is 309. The standard InChI is InChI=1S/C8H11N3S/c1-5-6(8(9)12)3-4-7(10-2)11-5/h3-4H,1-2H3,(H2,9,12)(H,10,11). The van der Waals surface area contributed by atoms with Gasteiger partial charge in [-0.3, -0.25) is 0 Å². The Labute approximate surface area is 77.0 Å². The molecular formula is C8H11N3S. The molecule has 1 heterocycles. The van der Waals surface area contributed by atoms with Gasteiger partial charge in [-0.05, 0) is 19.1 Å². The average molecular weight is 181 g/mol. The minimum Gasteiger partial charge on any atom is -0.389 e. The summed E-state index contributed by atoms with van der Waals surface area (Å²) in [6, 6.07) is 3.72. The molecule has 0 aromatic carbocycles. The third-order valence-corrected chi connectivity index (χ3v) is 1.83. The molecule has 0 spiro atoms. The van der Waals surface area contributed by atoms with Crippen molar-refractivity contribution in [1.82, 2.24) is 4.98 Å². The molecule has 0 saturated heterocycles. The molecule has 0 atom stereocenters. The molecule has 0 aliphatic rings. The number of hydrogen-bond acceptors (Lipinski definition) is 3. The maximum Gasteiger partial charge on any atom is 0.125 e. The van der Waals surface area contributed by atoms with Gasteiger partial charge in [-0.15, -0.1) is 0 Å². The molecule has 0 aliphatic carbocycles. The first-order valence-electron chi connectivity index (χ1n) is 3.60. The van der Waals surface area contributed by atoms with E-state index in [0.29, 0.717) is 4.99 Å². The lowest BCUT2D eigenvalue weighted by molar-refractivity contribution is 1.18. The summed E-state index contributed by atoms with van der Waals surface area (Å²) >= 11 is 4.85. The molecule has 0 unspecified atom stereocenters. The van der Waals surface area contributed by atoms with Crippen LogP contribution in [-0.4, -0.2) is 17.0 Å². The number of thiocarbonyl (C=S) groups is 1. The van der Waals surface area contributed by atoms with Gasteiger partial charge in [0.2, 0.25) is 0 Å². The van der Waals surface area contributed by atoms with Gasteiger partial charge in [-0.2, -0.15) is 0 Å². The zero-order chi connectivity index (χ0) is 9.14. The molecule has 3 nitrogen and oxygen atoms in total. The zero-order valence-corrected chi connectivity index (χ0v) is 7.90. The maximum atomic E-state index is 5.48. The van der Waals surface area contributed by atoms with Crippen molar-refractivity contribution in [2.75, 3.05) is 12.4 Å². The average Bonchev–Trinajstić information content (AvgIpc) is 2.03. The van der Waals surface area contributed by atoms with Gasteiger partial charge in [-0.1, -0.05) is 12.2 Å². The first kappa shape index (κ1) is 8.93. The van der Waals surface area contributed by atoms with E-state index in [1.165, 1.54) is 0 Å². The summed E-state index contributed by atoms with van der Waals surface area (Å²) in [6.45, 7) is 1.88. The molecule has 1 aromatic rings. The van der Waals surface area contributed by atoms with Crippen LogP contribution in [0.25, 0.3) is 0 Å². The van der Waals surface area contributed by atoms with Crippen molar-refractivity contribution in [3.05, 3.63) is 23.4 Å². The van der Waals surface area contributed by atoms with E-state index in [1.807, 2.05) is 26.1 Å². The van der Waals surface area contributed by atoms with E-state index in [0.717, 1.165) is 17.1 Å². The molecule has 0 aliphatic heterocycles. The third-order valence-electron chi connectivity index (χ3n) is 1.61. The molecule has 0 fully saturated rings. The van der Waals surface area contributed by atoms with Gasteiger partial charge in [0.1, 0.15) is 10.8 Å². The lowest BCUT2D eigenvalue weighted by atomic mass is 10.2. The number of aryl methyl sites for hydroxylation is 1. The summed E-state index contributed by atoms with van der Waals surface area (Å²) in [7, 11) is 1.82. The normalized spacial score (nSPS) is 9.50. The summed E-state index contributed by atoms with van der Waals surface area (Å²) in [4.78, 5) is 4.63. The molecular weight excluding hydrogens is 170 g/mol. The van der Waals surface area contributed by atoms with Gasteiger partial charge in [0.15, 0.2) is 0 Å². The minimum absolute atomic E-state index is 0.391. The molecule has 1 rings (SSSR count). The molecule has 0 radical (unpaired) electrons. The second-order valence-corrected chi connectivity index (χ2v) is 2.88. The summed E-state index contributed by atoms with van der Waals surface area (Å²) in [6.07, 6.45) is 0. The maximum absolute atomic E-state index is 5.48. The van der Waals surface area contributed by atoms with E-state index in [9.17, 15) is 0 Å². The lowest BCUT2D eigenvalue weighted by Crippen LogP contribution is -2.12. The summed E-state index contributed by atoms with van der Waals surface area (Å²) in [5, 5.41) is 2.94. The van der Waals surface area contributed by atoms with Crippen LogP contribution >= 0.6 is 12.2 Å². The van der Waals surface area contributed by atoms with Gasteiger partial charge in [-0.25, -0.2) is 4.98 Å². The number of rotatable bonds is 2. The molecule has 3 N–H and O–H groups in total. The quantitative estimate of drug-likeness (QED) is 0.670. The highest BCUT2D eigenvalue weighted by Crippen LogP contribution is 2.09. The molecule has 4 heteroatoms. The van der Waals surface area contributed by atoms with E-state index >= 15 is 0 Å². The highest BCUT2D eigenvalue weighted by Gasteiger charge is 2.02. The predicted molar refractivity (Wildman–Crippen MR) is 54.4 cm³/mol. The molecule has 0 bridgehead atoms. The number of nitrogens with one attached hydrogen (secondary N) is 1. The van der Waals surface area contributed by atoms with Gasteiger partial charge in [0.05, 0.1) is 0 Å². The van der Waals surface area contributed by atoms with Gasteiger partial charge >= 0.3 is 0 Å². The Hall–Kier alpha value is -1.16. The van der Waals surface area contributed by atoms with Crippen LogP contribution in [0.2, 0.25) is 0 Å². The molecule has 1 aromatic heterocycles. The predicted octanol–water partition coefficient (Wildman–Crippen LogP) is 1.07. The van der Waals surface area contributed by atoms with Crippen LogP contribution in [0.1, 0.15) is 11.3 Å². The van der Waals surface area contributed by atoms with Crippen molar-refractivity contribution in [1.29, 1.82) is 0 Å². The third kappa shape index (κ3) is 1.71. The van der Waals surface area contributed by atoms with Gasteiger partial charge < -0.3 is 11.1 Å². The van der Waals surface area contributed by atoms with Crippen LogP contribution in [0.3, 0.4) is 0 Å². The minimum atomic E-state index is 0.391. The Balaban J connectivity index is 3.12. The molecule has 0 saturated carbocycles. The van der Waals surface area contributed by atoms with E-state index < -0.39 is 0 Å². The molecule has 64 valence electrons. The van der Waals surface area contributed by atoms with Gasteiger partial charge in [0.25, 0.3) is 0 Å².